The largest absolute Gasteiger partial charge is 0.381 e. The van der Waals surface area contributed by atoms with Gasteiger partial charge in [0.1, 0.15) is 9.73 Å². The smallest absolute Gasteiger partial charge is 0.252 e. The van der Waals surface area contributed by atoms with Crippen molar-refractivity contribution in [1.82, 2.24) is 9.29 Å². The van der Waals surface area contributed by atoms with E-state index >= 15 is 0 Å². The zero-order chi connectivity index (χ0) is 18.0. The maximum atomic E-state index is 14.5. The number of anilines is 1. The van der Waals surface area contributed by atoms with E-state index < -0.39 is 15.8 Å². The van der Waals surface area contributed by atoms with E-state index in [9.17, 15) is 12.8 Å². The van der Waals surface area contributed by atoms with E-state index in [2.05, 4.69) is 10.3 Å². The van der Waals surface area contributed by atoms with Crippen LogP contribution < -0.4 is 5.32 Å². The van der Waals surface area contributed by atoms with E-state index in [4.69, 9.17) is 11.6 Å². The van der Waals surface area contributed by atoms with Crippen molar-refractivity contribution in [2.75, 3.05) is 25.5 Å². The summed E-state index contributed by atoms with van der Waals surface area (Å²) in [5, 5.41) is 5.58. The third-order valence-corrected chi connectivity index (χ3v) is 7.26. The zero-order valence-corrected chi connectivity index (χ0v) is 15.6. The van der Waals surface area contributed by atoms with Crippen molar-refractivity contribution in [3.05, 3.63) is 52.7 Å². The molecule has 0 spiro atoms. The van der Waals surface area contributed by atoms with Gasteiger partial charge in [-0.25, -0.2) is 12.8 Å². The second-order valence-electron chi connectivity index (χ2n) is 5.30. The Kier molecular flexibility index (Phi) is 5.24. The second-order valence-corrected chi connectivity index (χ2v) is 8.93. The third kappa shape index (κ3) is 3.62. The molecular weight excluding hydrogens is 385 g/mol. The Morgan fingerprint density at radius 3 is 2.84 bits per heavy atom. The summed E-state index contributed by atoms with van der Waals surface area (Å²) >= 11 is 7.19. The first-order chi connectivity index (χ1) is 11.9. The van der Waals surface area contributed by atoms with Gasteiger partial charge in [0.25, 0.3) is 10.0 Å². The van der Waals surface area contributed by atoms with Crippen LogP contribution in [0.15, 0.2) is 46.1 Å². The number of benzene rings is 1. The highest BCUT2D eigenvalue weighted by atomic mass is 35.5. The van der Waals surface area contributed by atoms with Crippen LogP contribution in [-0.2, 0) is 10.0 Å². The molecule has 3 aromatic rings. The third-order valence-electron chi connectivity index (χ3n) is 3.70. The van der Waals surface area contributed by atoms with Gasteiger partial charge in [0.2, 0.25) is 0 Å². The molecule has 25 heavy (non-hydrogen) atoms. The monoisotopic (exact) mass is 399 g/mol. The number of rotatable bonds is 6. The number of nitrogens with zero attached hydrogens (tertiary/aromatic N) is 2. The van der Waals surface area contributed by atoms with Crippen LogP contribution in [0.2, 0.25) is 5.02 Å². The average molecular weight is 400 g/mol. The molecule has 9 heteroatoms. The first kappa shape index (κ1) is 18.1. The molecule has 1 N–H and O–H groups in total. The molecule has 132 valence electrons. The predicted octanol–water partition coefficient (Wildman–Crippen LogP) is 3.82. The van der Waals surface area contributed by atoms with Crippen LogP contribution in [0, 0.1) is 5.82 Å². The molecule has 0 aliphatic rings. The lowest BCUT2D eigenvalue weighted by atomic mass is 10.2. The van der Waals surface area contributed by atoms with Gasteiger partial charge < -0.3 is 5.32 Å². The van der Waals surface area contributed by atoms with Crippen molar-refractivity contribution < 1.29 is 12.8 Å². The molecule has 0 bridgehead atoms. The summed E-state index contributed by atoms with van der Waals surface area (Å²) in [6.07, 6.45) is 1.44. The van der Waals surface area contributed by atoms with Crippen molar-refractivity contribution >= 4 is 49.6 Å². The predicted molar refractivity (Wildman–Crippen MR) is 99.3 cm³/mol. The Morgan fingerprint density at radius 1 is 1.32 bits per heavy atom. The number of aromatic nitrogens is 1. The van der Waals surface area contributed by atoms with Crippen LogP contribution in [0.3, 0.4) is 0 Å². The van der Waals surface area contributed by atoms with Gasteiger partial charge in [0.05, 0.1) is 10.7 Å². The minimum atomic E-state index is -3.51. The molecule has 0 radical (unpaired) electrons. The molecule has 0 aliphatic carbocycles. The van der Waals surface area contributed by atoms with Gasteiger partial charge in [-0.1, -0.05) is 17.7 Å². The van der Waals surface area contributed by atoms with Gasteiger partial charge in [-0.15, -0.1) is 11.3 Å². The molecule has 2 heterocycles. The Bertz CT molecular complexity index is 994. The Morgan fingerprint density at radius 2 is 2.12 bits per heavy atom. The maximum Gasteiger partial charge on any atom is 0.252 e. The van der Waals surface area contributed by atoms with Crippen LogP contribution in [0.4, 0.5) is 10.1 Å². The quantitative estimate of drug-likeness (QED) is 0.684. The lowest BCUT2D eigenvalue weighted by Gasteiger charge is -2.17. The molecule has 0 saturated heterocycles. The van der Waals surface area contributed by atoms with Gasteiger partial charge in [0, 0.05) is 31.7 Å². The number of nitrogens with one attached hydrogen (secondary N) is 1. The fourth-order valence-corrected chi connectivity index (χ4v) is 4.90. The number of halogens is 2. The van der Waals surface area contributed by atoms with E-state index in [1.165, 1.54) is 17.5 Å². The SMILES string of the molecule is CN(CCNc1ccc2c(Cl)ccnc2c1F)S(=O)(=O)c1cccs1. The molecule has 0 amide bonds. The Balaban J connectivity index is 1.70. The highest BCUT2D eigenvalue weighted by Crippen LogP contribution is 2.27. The van der Waals surface area contributed by atoms with Crippen LogP contribution >= 0.6 is 22.9 Å². The minimum absolute atomic E-state index is 0.178. The molecular formula is C16H15ClFN3O2S2. The topological polar surface area (TPSA) is 62.3 Å². The molecule has 0 atom stereocenters. The molecule has 1 aromatic carbocycles. The molecule has 3 rings (SSSR count). The summed E-state index contributed by atoms with van der Waals surface area (Å²) in [5.74, 6) is -0.510. The Labute approximate surface area is 154 Å². The van der Waals surface area contributed by atoms with E-state index in [1.54, 1.807) is 35.7 Å². The summed E-state index contributed by atoms with van der Waals surface area (Å²) in [5.41, 5.74) is 0.432. The molecule has 2 aromatic heterocycles. The van der Waals surface area contributed by atoms with Crippen LogP contribution in [-0.4, -0.2) is 37.8 Å². The van der Waals surface area contributed by atoms with Crippen LogP contribution in [0.25, 0.3) is 10.9 Å². The Hall–Kier alpha value is -1.74. The normalized spacial score (nSPS) is 12.0. The van der Waals surface area contributed by atoms with Crippen LogP contribution in [0.1, 0.15) is 0 Å². The highest BCUT2D eigenvalue weighted by molar-refractivity contribution is 7.91. The summed E-state index contributed by atoms with van der Waals surface area (Å²) in [6.45, 7) is 0.449. The first-order valence-electron chi connectivity index (χ1n) is 7.37. The van der Waals surface area contributed by atoms with Crippen molar-refractivity contribution in [3.63, 3.8) is 0 Å². The standard InChI is InChI=1S/C16H15ClFN3O2S2/c1-21(25(22,23)14-3-2-10-24-14)9-8-19-13-5-4-11-12(17)6-7-20-16(11)15(13)18/h2-7,10,19H,8-9H2,1H3. The fourth-order valence-electron chi connectivity index (χ4n) is 2.32. The summed E-state index contributed by atoms with van der Waals surface area (Å²) in [6, 6.07) is 8.09. The van der Waals surface area contributed by atoms with Gasteiger partial charge in [-0.05, 0) is 29.6 Å². The molecule has 0 fully saturated rings. The molecule has 0 aliphatic heterocycles. The number of hydrogen-bond donors (Lipinski definition) is 1. The lowest BCUT2D eigenvalue weighted by molar-refractivity contribution is 0.482. The number of sulfonamides is 1. The lowest BCUT2D eigenvalue weighted by Crippen LogP contribution is -2.31. The number of fused-ring (bicyclic) bond motifs is 1. The van der Waals surface area contributed by atoms with Crippen molar-refractivity contribution in [1.29, 1.82) is 0 Å². The average Bonchev–Trinajstić information content (AvgIpc) is 3.13. The summed E-state index contributed by atoms with van der Waals surface area (Å²) in [7, 11) is -2.02. The van der Waals surface area contributed by atoms with Crippen molar-refractivity contribution in [2.24, 2.45) is 0 Å². The number of hydrogen-bond acceptors (Lipinski definition) is 5. The van der Waals surface area contributed by atoms with Gasteiger partial charge >= 0.3 is 0 Å². The van der Waals surface area contributed by atoms with E-state index in [-0.39, 0.29) is 28.5 Å². The van der Waals surface area contributed by atoms with Crippen LogP contribution in [0.5, 0.6) is 0 Å². The maximum absolute atomic E-state index is 14.5. The fraction of sp³-hybridized carbons (Fsp3) is 0.188. The highest BCUT2D eigenvalue weighted by Gasteiger charge is 2.21. The second kappa shape index (κ2) is 7.25. The van der Waals surface area contributed by atoms with E-state index in [0.29, 0.717) is 10.4 Å². The zero-order valence-electron chi connectivity index (χ0n) is 13.2. The molecule has 5 nitrogen and oxygen atoms in total. The summed E-state index contributed by atoms with van der Waals surface area (Å²) < 4.78 is 40.7. The number of likely N-dealkylation sites (N-methyl/N-ethyl adjacent to an activating group) is 1. The minimum Gasteiger partial charge on any atom is -0.381 e. The molecule has 0 saturated carbocycles. The van der Waals surface area contributed by atoms with E-state index in [1.807, 2.05) is 0 Å². The van der Waals surface area contributed by atoms with Gasteiger partial charge in [-0.3, -0.25) is 4.98 Å². The summed E-state index contributed by atoms with van der Waals surface area (Å²) in [4.78, 5) is 4.01. The van der Waals surface area contributed by atoms with Crippen molar-refractivity contribution in [3.8, 4) is 0 Å². The van der Waals surface area contributed by atoms with Crippen molar-refractivity contribution in [2.45, 2.75) is 4.21 Å². The number of pyridine rings is 1. The number of thiophene rings is 1. The molecule has 0 unspecified atom stereocenters. The van der Waals surface area contributed by atoms with E-state index in [0.717, 1.165) is 11.3 Å². The van der Waals surface area contributed by atoms with Gasteiger partial charge in [-0.2, -0.15) is 4.31 Å². The first-order valence-corrected chi connectivity index (χ1v) is 10.1. The van der Waals surface area contributed by atoms with Gasteiger partial charge in [0.15, 0.2) is 5.82 Å².